The average Bonchev–Trinajstić information content (AvgIpc) is 3.06. The zero-order chi connectivity index (χ0) is 11.7. The van der Waals surface area contributed by atoms with Crippen LogP contribution in [0.25, 0.3) is 0 Å². The van der Waals surface area contributed by atoms with E-state index in [2.05, 4.69) is 9.55 Å². The van der Waals surface area contributed by atoms with Crippen LogP contribution in [0.15, 0.2) is 41.7 Å². The predicted octanol–water partition coefficient (Wildman–Crippen LogP) is 3.22. The summed E-state index contributed by atoms with van der Waals surface area (Å²) in [6, 6.07) is 8.05. The van der Waals surface area contributed by atoms with Gasteiger partial charge in [0.2, 0.25) is 0 Å². The van der Waals surface area contributed by atoms with E-state index >= 15 is 0 Å². The minimum atomic E-state index is 0.325. The summed E-state index contributed by atoms with van der Waals surface area (Å²) >= 11 is 1.73. The Balaban J connectivity index is 1.69. The molecule has 4 heteroatoms. The molecule has 0 aliphatic heterocycles. The number of thioether (sulfide) groups is 1. The van der Waals surface area contributed by atoms with Crippen LogP contribution < -0.4 is 0 Å². The first kappa shape index (κ1) is 10.7. The fourth-order valence-corrected chi connectivity index (χ4v) is 2.77. The van der Waals surface area contributed by atoms with Gasteiger partial charge in [-0.15, -0.1) is 11.8 Å². The minimum absolute atomic E-state index is 0.325. The Kier molecular flexibility index (Phi) is 2.81. The van der Waals surface area contributed by atoms with Crippen LogP contribution in [0.2, 0.25) is 0 Å². The van der Waals surface area contributed by atoms with E-state index in [0.717, 1.165) is 10.6 Å². The van der Waals surface area contributed by atoms with E-state index in [-0.39, 0.29) is 0 Å². The van der Waals surface area contributed by atoms with Crippen LogP contribution in [0.4, 0.5) is 0 Å². The van der Waals surface area contributed by atoms with E-state index < -0.39 is 0 Å². The monoisotopic (exact) mass is 246 g/mol. The topological polar surface area (TPSA) is 38.1 Å². The van der Waals surface area contributed by atoms with E-state index in [1.165, 1.54) is 18.5 Å². The molecule has 1 N–H and O–H groups in total. The summed E-state index contributed by atoms with van der Waals surface area (Å²) in [5, 5.41) is 9.39. The molecule has 0 spiro atoms. The number of phenols is 1. The van der Waals surface area contributed by atoms with Crippen molar-refractivity contribution in [3.05, 3.63) is 42.5 Å². The lowest BCUT2D eigenvalue weighted by Crippen LogP contribution is -1.96. The lowest BCUT2D eigenvalue weighted by atomic mass is 10.3. The number of imidazole rings is 1. The van der Waals surface area contributed by atoms with Crippen molar-refractivity contribution < 1.29 is 5.11 Å². The molecule has 1 saturated carbocycles. The molecule has 3 rings (SSSR count). The maximum atomic E-state index is 9.39. The maximum Gasteiger partial charge on any atom is 0.116 e. The maximum absolute atomic E-state index is 9.39. The largest absolute Gasteiger partial charge is 0.508 e. The highest BCUT2D eigenvalue weighted by atomic mass is 32.2. The molecule has 1 fully saturated rings. The SMILES string of the molecule is Oc1cccc(SCc2cncn2C2CC2)c1. The number of rotatable bonds is 4. The number of hydrogen-bond donors (Lipinski definition) is 1. The molecule has 0 saturated heterocycles. The van der Waals surface area contributed by atoms with Gasteiger partial charge >= 0.3 is 0 Å². The van der Waals surface area contributed by atoms with Crippen LogP contribution in [0.5, 0.6) is 5.75 Å². The van der Waals surface area contributed by atoms with Gasteiger partial charge in [-0.3, -0.25) is 0 Å². The second-order valence-electron chi connectivity index (χ2n) is 4.31. The third-order valence-electron chi connectivity index (χ3n) is 2.89. The van der Waals surface area contributed by atoms with Crippen molar-refractivity contribution in [2.75, 3.05) is 0 Å². The van der Waals surface area contributed by atoms with Crippen molar-refractivity contribution in [1.82, 2.24) is 9.55 Å². The molecule has 1 aromatic heterocycles. The zero-order valence-electron chi connectivity index (χ0n) is 9.41. The lowest BCUT2D eigenvalue weighted by molar-refractivity contribution is 0.474. The Morgan fingerprint density at radius 2 is 2.29 bits per heavy atom. The van der Waals surface area contributed by atoms with E-state index in [4.69, 9.17) is 0 Å². The molecule has 0 unspecified atom stereocenters. The predicted molar refractivity (Wildman–Crippen MR) is 68.2 cm³/mol. The van der Waals surface area contributed by atoms with Crippen LogP contribution in [0.3, 0.4) is 0 Å². The summed E-state index contributed by atoms with van der Waals surface area (Å²) in [4.78, 5) is 5.30. The Labute approximate surface area is 104 Å². The molecule has 0 radical (unpaired) electrons. The molecule has 1 heterocycles. The van der Waals surface area contributed by atoms with Gasteiger partial charge in [0.25, 0.3) is 0 Å². The molecule has 0 amide bonds. The molecule has 88 valence electrons. The molecule has 0 atom stereocenters. The average molecular weight is 246 g/mol. The minimum Gasteiger partial charge on any atom is -0.508 e. The number of aromatic nitrogens is 2. The molecule has 2 aromatic rings. The lowest BCUT2D eigenvalue weighted by Gasteiger charge is -2.06. The molecular weight excluding hydrogens is 232 g/mol. The first-order chi connectivity index (χ1) is 8.33. The van der Waals surface area contributed by atoms with Gasteiger partial charge in [-0.05, 0) is 31.0 Å². The van der Waals surface area contributed by atoms with Gasteiger partial charge in [0.05, 0.1) is 6.33 Å². The molecular formula is C13H14N2OS. The quantitative estimate of drug-likeness (QED) is 0.842. The molecule has 17 heavy (non-hydrogen) atoms. The first-order valence-corrected chi connectivity index (χ1v) is 6.74. The zero-order valence-corrected chi connectivity index (χ0v) is 10.2. The van der Waals surface area contributed by atoms with Crippen LogP contribution in [0.1, 0.15) is 24.6 Å². The van der Waals surface area contributed by atoms with E-state index in [1.807, 2.05) is 24.7 Å². The smallest absolute Gasteiger partial charge is 0.116 e. The third-order valence-corrected chi connectivity index (χ3v) is 3.92. The summed E-state index contributed by atoms with van der Waals surface area (Å²) in [7, 11) is 0. The van der Waals surface area contributed by atoms with Crippen LogP contribution in [0, 0.1) is 0 Å². The van der Waals surface area contributed by atoms with E-state index in [1.54, 1.807) is 23.9 Å². The van der Waals surface area contributed by atoms with Crippen molar-refractivity contribution in [2.24, 2.45) is 0 Å². The fourth-order valence-electron chi connectivity index (χ4n) is 1.86. The number of hydrogen-bond acceptors (Lipinski definition) is 3. The Bertz CT molecular complexity index is 520. The highest BCUT2D eigenvalue weighted by molar-refractivity contribution is 7.98. The summed E-state index contributed by atoms with van der Waals surface area (Å²) in [6.07, 6.45) is 6.42. The molecule has 1 aliphatic carbocycles. The summed E-state index contributed by atoms with van der Waals surface area (Å²) < 4.78 is 2.27. The molecule has 1 aromatic carbocycles. The summed E-state index contributed by atoms with van der Waals surface area (Å²) in [5.74, 6) is 1.23. The van der Waals surface area contributed by atoms with E-state index in [9.17, 15) is 5.11 Å². The van der Waals surface area contributed by atoms with Gasteiger partial charge in [0.15, 0.2) is 0 Å². The number of aromatic hydroxyl groups is 1. The van der Waals surface area contributed by atoms with Gasteiger partial charge in [-0.25, -0.2) is 4.98 Å². The number of phenolic OH excluding ortho intramolecular Hbond substituents is 1. The van der Waals surface area contributed by atoms with E-state index in [0.29, 0.717) is 11.8 Å². The number of benzene rings is 1. The summed E-state index contributed by atoms with van der Waals surface area (Å²) in [5.41, 5.74) is 1.26. The Morgan fingerprint density at radius 1 is 1.41 bits per heavy atom. The number of nitrogens with zero attached hydrogens (tertiary/aromatic N) is 2. The Morgan fingerprint density at radius 3 is 3.06 bits per heavy atom. The second kappa shape index (κ2) is 4.45. The third kappa shape index (κ3) is 2.47. The fraction of sp³-hybridized carbons (Fsp3) is 0.308. The standard InChI is InChI=1S/C13H14N2OS/c16-12-2-1-3-13(6-12)17-8-11-7-14-9-15(11)10-4-5-10/h1-3,6-7,9-10,16H,4-5,8H2. The normalized spacial score (nSPS) is 15.1. The van der Waals surface area contributed by atoms with Crippen molar-refractivity contribution in [3.8, 4) is 5.75 Å². The van der Waals surface area contributed by atoms with Gasteiger partial charge in [-0.1, -0.05) is 6.07 Å². The van der Waals surface area contributed by atoms with Crippen molar-refractivity contribution in [1.29, 1.82) is 0 Å². The van der Waals surface area contributed by atoms with Crippen LogP contribution in [-0.4, -0.2) is 14.7 Å². The second-order valence-corrected chi connectivity index (χ2v) is 5.36. The Hall–Kier alpha value is -1.42. The van der Waals surface area contributed by atoms with Gasteiger partial charge in [-0.2, -0.15) is 0 Å². The highest BCUT2D eigenvalue weighted by Gasteiger charge is 2.24. The van der Waals surface area contributed by atoms with Gasteiger partial charge in [0.1, 0.15) is 5.75 Å². The van der Waals surface area contributed by atoms with Gasteiger partial charge in [0, 0.05) is 28.6 Å². The van der Waals surface area contributed by atoms with Crippen molar-refractivity contribution >= 4 is 11.8 Å². The molecule has 1 aliphatic rings. The highest BCUT2D eigenvalue weighted by Crippen LogP contribution is 2.37. The van der Waals surface area contributed by atoms with Crippen LogP contribution >= 0.6 is 11.8 Å². The van der Waals surface area contributed by atoms with Crippen molar-refractivity contribution in [3.63, 3.8) is 0 Å². The van der Waals surface area contributed by atoms with Crippen LogP contribution in [-0.2, 0) is 5.75 Å². The van der Waals surface area contributed by atoms with Crippen molar-refractivity contribution in [2.45, 2.75) is 29.5 Å². The summed E-state index contributed by atoms with van der Waals surface area (Å²) in [6.45, 7) is 0. The molecule has 3 nitrogen and oxygen atoms in total. The first-order valence-electron chi connectivity index (χ1n) is 5.75. The van der Waals surface area contributed by atoms with Gasteiger partial charge < -0.3 is 9.67 Å². The molecule has 0 bridgehead atoms.